The monoisotopic (exact) mass is 371 g/mol. The van der Waals surface area contributed by atoms with Crippen molar-refractivity contribution in [1.82, 2.24) is 4.98 Å². The van der Waals surface area contributed by atoms with Crippen LogP contribution in [0.5, 0.6) is 0 Å². The Morgan fingerprint density at radius 2 is 1.96 bits per heavy atom. The van der Waals surface area contributed by atoms with E-state index in [9.17, 15) is 18.0 Å². The average Bonchev–Trinajstić information content (AvgIpc) is 2.55. The second-order valence-corrected chi connectivity index (χ2v) is 6.15. The molecular formula is C17H13ClF3NOS. The topological polar surface area (TPSA) is 30.0 Å². The second kappa shape index (κ2) is 7.85. The zero-order valence-electron chi connectivity index (χ0n) is 12.6. The summed E-state index contributed by atoms with van der Waals surface area (Å²) in [4.78, 5) is 15.7. The number of nitrogens with zero attached hydrogens (tertiary/aromatic N) is 1. The molecule has 0 spiro atoms. The molecule has 2 aromatic rings. The molecule has 2 nitrogen and oxygen atoms in total. The third-order valence-electron chi connectivity index (χ3n) is 3.18. The molecule has 1 aromatic carbocycles. The molecule has 0 unspecified atom stereocenters. The number of hydrogen-bond acceptors (Lipinski definition) is 3. The molecule has 0 saturated heterocycles. The quantitative estimate of drug-likeness (QED) is 0.377. The number of ketones is 1. The predicted molar refractivity (Wildman–Crippen MR) is 89.4 cm³/mol. The molecule has 0 bridgehead atoms. The van der Waals surface area contributed by atoms with E-state index in [2.05, 4.69) is 4.98 Å². The van der Waals surface area contributed by atoms with E-state index in [4.69, 9.17) is 11.6 Å². The van der Waals surface area contributed by atoms with Gasteiger partial charge in [0.25, 0.3) is 0 Å². The molecule has 0 fully saturated rings. The summed E-state index contributed by atoms with van der Waals surface area (Å²) in [5.74, 6) is -0.201. The lowest BCUT2D eigenvalue weighted by atomic mass is 10.1. The highest BCUT2D eigenvalue weighted by Crippen LogP contribution is 2.33. The number of carbonyl (C=O) groups excluding carboxylic acids is 1. The Balaban J connectivity index is 2.04. The third kappa shape index (κ3) is 4.85. The van der Waals surface area contributed by atoms with Crippen molar-refractivity contribution in [3.63, 3.8) is 0 Å². The number of carbonyl (C=O) groups is 1. The van der Waals surface area contributed by atoms with Gasteiger partial charge in [0.1, 0.15) is 5.03 Å². The molecule has 0 N–H and O–H groups in total. The van der Waals surface area contributed by atoms with E-state index in [-0.39, 0.29) is 15.8 Å². The fraction of sp³-hybridized carbons (Fsp3) is 0.176. The molecule has 1 heterocycles. The fourth-order valence-electron chi connectivity index (χ4n) is 1.83. The van der Waals surface area contributed by atoms with Gasteiger partial charge in [-0.1, -0.05) is 54.6 Å². The number of allylic oxidation sites excluding steroid dienone is 1. The molecule has 0 aliphatic carbocycles. The molecule has 0 aliphatic rings. The van der Waals surface area contributed by atoms with Crippen molar-refractivity contribution in [1.29, 1.82) is 0 Å². The van der Waals surface area contributed by atoms with Gasteiger partial charge < -0.3 is 0 Å². The van der Waals surface area contributed by atoms with Crippen LogP contribution in [0.4, 0.5) is 13.2 Å². The minimum absolute atomic E-state index is 0.112. The molecule has 2 rings (SSSR count). The number of halogens is 4. The zero-order chi connectivity index (χ0) is 17.7. The first-order valence-electron chi connectivity index (χ1n) is 7.00. The Hall–Kier alpha value is -1.79. The molecule has 0 amide bonds. The van der Waals surface area contributed by atoms with Crippen molar-refractivity contribution in [2.24, 2.45) is 0 Å². The number of aryl methyl sites for hydroxylation is 1. The standard InChI is InChI=1S/C17H13ClF3NOS/c1-2-11-3-5-12(6-4-11)15(23)7-8-24-16-14(18)9-13(10-22-16)17(19,20)21/h3-10H,2H2,1H3. The maximum Gasteiger partial charge on any atom is 0.417 e. The lowest BCUT2D eigenvalue weighted by Gasteiger charge is -2.07. The molecular weight excluding hydrogens is 359 g/mol. The normalized spacial score (nSPS) is 11.9. The van der Waals surface area contributed by atoms with Gasteiger partial charge in [-0.15, -0.1) is 0 Å². The largest absolute Gasteiger partial charge is 0.417 e. The minimum atomic E-state index is -4.49. The van der Waals surface area contributed by atoms with Crippen LogP contribution in [0.25, 0.3) is 0 Å². The van der Waals surface area contributed by atoms with Gasteiger partial charge in [-0.2, -0.15) is 13.2 Å². The molecule has 24 heavy (non-hydrogen) atoms. The Morgan fingerprint density at radius 3 is 2.50 bits per heavy atom. The van der Waals surface area contributed by atoms with E-state index >= 15 is 0 Å². The van der Waals surface area contributed by atoms with E-state index in [0.29, 0.717) is 11.8 Å². The maximum atomic E-state index is 12.5. The fourth-order valence-corrected chi connectivity index (χ4v) is 2.73. The summed E-state index contributed by atoms with van der Waals surface area (Å²) < 4.78 is 37.6. The van der Waals surface area contributed by atoms with Crippen molar-refractivity contribution in [3.8, 4) is 0 Å². The van der Waals surface area contributed by atoms with Crippen molar-refractivity contribution in [2.75, 3.05) is 0 Å². The van der Waals surface area contributed by atoms with Gasteiger partial charge in [-0.3, -0.25) is 4.79 Å². The van der Waals surface area contributed by atoms with Crippen molar-refractivity contribution in [3.05, 3.63) is 69.7 Å². The van der Waals surface area contributed by atoms with Gasteiger partial charge in [0.2, 0.25) is 0 Å². The van der Waals surface area contributed by atoms with Crippen LogP contribution >= 0.6 is 23.4 Å². The molecule has 0 saturated carbocycles. The number of alkyl halides is 3. The number of pyridine rings is 1. The highest BCUT2D eigenvalue weighted by molar-refractivity contribution is 8.02. The van der Waals surface area contributed by atoms with E-state index < -0.39 is 11.7 Å². The Labute approximate surface area is 146 Å². The van der Waals surface area contributed by atoms with Crippen molar-refractivity contribution < 1.29 is 18.0 Å². The molecule has 0 aliphatic heterocycles. The first-order valence-corrected chi connectivity index (χ1v) is 8.26. The SMILES string of the molecule is CCc1ccc(C(=O)C=CSc2ncc(C(F)(F)F)cc2Cl)cc1. The lowest BCUT2D eigenvalue weighted by Crippen LogP contribution is -2.05. The first kappa shape index (κ1) is 18.5. The van der Waals surface area contributed by atoms with E-state index in [0.717, 1.165) is 29.8 Å². The number of rotatable bonds is 5. The van der Waals surface area contributed by atoms with Crippen LogP contribution in [0.3, 0.4) is 0 Å². The molecule has 126 valence electrons. The number of hydrogen-bond donors (Lipinski definition) is 0. The summed E-state index contributed by atoms with van der Waals surface area (Å²) in [7, 11) is 0. The molecule has 0 atom stereocenters. The van der Waals surface area contributed by atoms with E-state index in [1.807, 2.05) is 19.1 Å². The van der Waals surface area contributed by atoms with Gasteiger partial charge >= 0.3 is 6.18 Å². The second-order valence-electron chi connectivity index (χ2n) is 4.84. The van der Waals surface area contributed by atoms with E-state index in [1.54, 1.807) is 12.1 Å². The van der Waals surface area contributed by atoms with Gasteiger partial charge in [-0.25, -0.2) is 4.98 Å². The third-order valence-corrected chi connectivity index (χ3v) is 4.40. The Morgan fingerprint density at radius 1 is 1.29 bits per heavy atom. The van der Waals surface area contributed by atoms with Crippen LogP contribution in [0.2, 0.25) is 5.02 Å². The zero-order valence-corrected chi connectivity index (χ0v) is 14.2. The predicted octanol–water partition coefficient (Wildman–Crippen LogP) is 5.80. The average molecular weight is 372 g/mol. The van der Waals surface area contributed by atoms with Crippen LogP contribution in [0.15, 0.2) is 53.0 Å². The minimum Gasteiger partial charge on any atom is -0.289 e. The van der Waals surface area contributed by atoms with Gasteiger partial charge in [0.05, 0.1) is 10.6 Å². The van der Waals surface area contributed by atoms with Crippen LogP contribution in [0, 0.1) is 0 Å². The van der Waals surface area contributed by atoms with E-state index in [1.165, 1.54) is 11.5 Å². The summed E-state index contributed by atoms with van der Waals surface area (Å²) in [6, 6.07) is 8.04. The number of benzene rings is 1. The maximum absolute atomic E-state index is 12.5. The summed E-state index contributed by atoms with van der Waals surface area (Å²) in [6.45, 7) is 2.02. The van der Waals surface area contributed by atoms with Crippen molar-refractivity contribution in [2.45, 2.75) is 24.5 Å². The lowest BCUT2D eigenvalue weighted by molar-refractivity contribution is -0.137. The highest BCUT2D eigenvalue weighted by Gasteiger charge is 2.31. The summed E-state index contributed by atoms with van der Waals surface area (Å²) in [5, 5.41) is 1.55. The highest BCUT2D eigenvalue weighted by atomic mass is 35.5. The smallest absolute Gasteiger partial charge is 0.289 e. The number of aromatic nitrogens is 1. The van der Waals surface area contributed by atoms with Crippen LogP contribution in [-0.2, 0) is 12.6 Å². The molecule has 7 heteroatoms. The first-order chi connectivity index (χ1) is 11.3. The number of thioether (sulfide) groups is 1. The summed E-state index contributed by atoms with van der Waals surface area (Å²) in [5.41, 5.74) is 0.758. The molecule has 0 radical (unpaired) electrons. The summed E-state index contributed by atoms with van der Waals surface area (Å²) >= 11 is 6.78. The summed E-state index contributed by atoms with van der Waals surface area (Å²) in [6.07, 6.45) is -1.55. The van der Waals surface area contributed by atoms with Gasteiger partial charge in [0.15, 0.2) is 5.78 Å². The Bertz CT molecular complexity index is 757. The van der Waals surface area contributed by atoms with Gasteiger partial charge in [-0.05, 0) is 29.5 Å². The molecule has 1 aromatic heterocycles. The van der Waals surface area contributed by atoms with Crippen LogP contribution < -0.4 is 0 Å². The Kier molecular flexibility index (Phi) is 6.07. The van der Waals surface area contributed by atoms with Gasteiger partial charge in [0, 0.05) is 11.8 Å². The van der Waals surface area contributed by atoms with Crippen LogP contribution in [0.1, 0.15) is 28.4 Å². The van der Waals surface area contributed by atoms with Crippen LogP contribution in [-0.4, -0.2) is 10.8 Å². The van der Waals surface area contributed by atoms with Crippen molar-refractivity contribution >= 4 is 29.1 Å².